The van der Waals surface area contributed by atoms with E-state index in [1.807, 2.05) is 0 Å². The molecule has 0 aromatic rings. The summed E-state index contributed by atoms with van der Waals surface area (Å²) >= 11 is 0. The molecule has 1 unspecified atom stereocenters. The Labute approximate surface area is 134 Å². The van der Waals surface area contributed by atoms with Crippen LogP contribution in [-0.4, -0.2) is 38.9 Å². The second kappa shape index (κ2) is 14.8. The standard InChI is InChI=1S/C17H32O5/c1-4-5-12-21-16(18)8-6-7-9-17(19)22-14-11-15(2)10-13-20-3/h15H,4-14H2,1-3H3. The van der Waals surface area contributed by atoms with Crippen LogP contribution in [0.25, 0.3) is 0 Å². The zero-order valence-electron chi connectivity index (χ0n) is 14.4. The lowest BCUT2D eigenvalue weighted by atomic mass is 10.1. The van der Waals surface area contributed by atoms with Crippen LogP contribution < -0.4 is 0 Å². The maximum absolute atomic E-state index is 11.5. The van der Waals surface area contributed by atoms with Crippen LogP contribution in [0.15, 0.2) is 0 Å². The molecule has 0 aromatic heterocycles. The smallest absolute Gasteiger partial charge is 0.305 e. The minimum atomic E-state index is -0.182. The van der Waals surface area contributed by atoms with Gasteiger partial charge in [0.05, 0.1) is 13.2 Å². The van der Waals surface area contributed by atoms with Gasteiger partial charge in [0.15, 0.2) is 0 Å². The Balaban J connectivity index is 3.44. The Morgan fingerprint density at radius 3 is 1.95 bits per heavy atom. The maximum Gasteiger partial charge on any atom is 0.305 e. The lowest BCUT2D eigenvalue weighted by Crippen LogP contribution is -2.10. The second-order valence-electron chi connectivity index (χ2n) is 5.68. The fourth-order valence-corrected chi connectivity index (χ4v) is 1.85. The highest BCUT2D eigenvalue weighted by atomic mass is 16.5. The maximum atomic E-state index is 11.5. The minimum Gasteiger partial charge on any atom is -0.466 e. The Morgan fingerprint density at radius 1 is 0.864 bits per heavy atom. The molecule has 0 amide bonds. The van der Waals surface area contributed by atoms with E-state index in [1.54, 1.807) is 7.11 Å². The summed E-state index contributed by atoms with van der Waals surface area (Å²) in [5, 5.41) is 0. The summed E-state index contributed by atoms with van der Waals surface area (Å²) in [5.74, 6) is 0.137. The van der Waals surface area contributed by atoms with Crippen LogP contribution in [0.4, 0.5) is 0 Å². The molecule has 0 saturated carbocycles. The molecule has 0 fully saturated rings. The summed E-state index contributed by atoms with van der Waals surface area (Å²) < 4.78 is 15.2. The van der Waals surface area contributed by atoms with Gasteiger partial charge in [-0.2, -0.15) is 0 Å². The number of rotatable bonds is 14. The van der Waals surface area contributed by atoms with E-state index >= 15 is 0 Å². The molecule has 0 spiro atoms. The molecular weight excluding hydrogens is 284 g/mol. The third-order valence-corrected chi connectivity index (χ3v) is 3.46. The fraction of sp³-hybridized carbons (Fsp3) is 0.882. The highest BCUT2D eigenvalue weighted by Gasteiger charge is 2.07. The second-order valence-corrected chi connectivity index (χ2v) is 5.68. The first-order chi connectivity index (χ1) is 10.6. The van der Waals surface area contributed by atoms with E-state index in [9.17, 15) is 9.59 Å². The van der Waals surface area contributed by atoms with Gasteiger partial charge in [-0.1, -0.05) is 20.3 Å². The molecule has 0 heterocycles. The lowest BCUT2D eigenvalue weighted by molar-refractivity contribution is -0.146. The molecule has 1 atom stereocenters. The van der Waals surface area contributed by atoms with Gasteiger partial charge >= 0.3 is 11.9 Å². The lowest BCUT2D eigenvalue weighted by Gasteiger charge is -2.11. The Hall–Kier alpha value is -1.10. The van der Waals surface area contributed by atoms with Gasteiger partial charge in [-0.25, -0.2) is 0 Å². The molecule has 0 aromatic carbocycles. The van der Waals surface area contributed by atoms with Gasteiger partial charge in [-0.15, -0.1) is 0 Å². The highest BCUT2D eigenvalue weighted by Crippen LogP contribution is 2.08. The van der Waals surface area contributed by atoms with E-state index < -0.39 is 0 Å². The van der Waals surface area contributed by atoms with Crippen molar-refractivity contribution in [2.45, 2.75) is 65.2 Å². The largest absolute Gasteiger partial charge is 0.466 e. The minimum absolute atomic E-state index is 0.172. The summed E-state index contributed by atoms with van der Waals surface area (Å²) in [6, 6.07) is 0. The molecule has 0 aliphatic carbocycles. The molecule has 5 heteroatoms. The third-order valence-electron chi connectivity index (χ3n) is 3.46. The first-order valence-corrected chi connectivity index (χ1v) is 8.40. The number of carbonyl (C=O) groups excluding carboxylic acids is 2. The summed E-state index contributed by atoms with van der Waals surface area (Å²) in [6.45, 7) is 5.87. The molecule has 0 aliphatic heterocycles. The van der Waals surface area contributed by atoms with E-state index in [0.29, 0.717) is 44.8 Å². The highest BCUT2D eigenvalue weighted by molar-refractivity contribution is 5.70. The molecule has 130 valence electrons. The zero-order valence-corrected chi connectivity index (χ0v) is 14.4. The molecule has 0 aliphatic rings. The predicted octanol–water partition coefficient (Wildman–Crippen LogP) is 3.50. The van der Waals surface area contributed by atoms with Crippen LogP contribution in [0.5, 0.6) is 0 Å². The van der Waals surface area contributed by atoms with Gasteiger partial charge in [0.25, 0.3) is 0 Å². The fourth-order valence-electron chi connectivity index (χ4n) is 1.85. The van der Waals surface area contributed by atoms with E-state index in [4.69, 9.17) is 14.2 Å². The summed E-state index contributed by atoms with van der Waals surface area (Å²) in [7, 11) is 1.69. The molecular formula is C17H32O5. The van der Waals surface area contributed by atoms with Gasteiger partial charge in [-0.05, 0) is 38.0 Å². The van der Waals surface area contributed by atoms with Crippen molar-refractivity contribution >= 4 is 11.9 Å². The van der Waals surface area contributed by atoms with E-state index in [1.165, 1.54) is 0 Å². The number of ether oxygens (including phenoxy) is 3. The average Bonchev–Trinajstić information content (AvgIpc) is 2.50. The quantitative estimate of drug-likeness (QED) is 0.362. The van der Waals surface area contributed by atoms with Gasteiger partial charge in [0.1, 0.15) is 0 Å². The number of hydrogen-bond donors (Lipinski definition) is 0. The van der Waals surface area contributed by atoms with Crippen molar-refractivity contribution in [3.8, 4) is 0 Å². The normalized spacial score (nSPS) is 12.0. The van der Waals surface area contributed by atoms with Gasteiger partial charge in [0, 0.05) is 26.6 Å². The number of esters is 2. The predicted molar refractivity (Wildman–Crippen MR) is 85.6 cm³/mol. The van der Waals surface area contributed by atoms with Crippen LogP contribution in [0.1, 0.15) is 65.2 Å². The zero-order chi connectivity index (χ0) is 16.6. The topological polar surface area (TPSA) is 61.8 Å². The van der Waals surface area contributed by atoms with Crippen molar-refractivity contribution in [3.63, 3.8) is 0 Å². The Kier molecular flexibility index (Phi) is 14.1. The van der Waals surface area contributed by atoms with E-state index in [2.05, 4.69) is 13.8 Å². The van der Waals surface area contributed by atoms with Crippen molar-refractivity contribution < 1.29 is 23.8 Å². The number of unbranched alkanes of at least 4 members (excludes halogenated alkanes) is 2. The first-order valence-electron chi connectivity index (χ1n) is 8.40. The first kappa shape index (κ1) is 20.9. The monoisotopic (exact) mass is 316 g/mol. The van der Waals surface area contributed by atoms with Gasteiger partial charge < -0.3 is 14.2 Å². The summed E-state index contributed by atoms with van der Waals surface area (Å²) in [6.07, 6.45) is 5.85. The van der Waals surface area contributed by atoms with Crippen LogP contribution in [0.2, 0.25) is 0 Å². The molecule has 0 rings (SSSR count). The van der Waals surface area contributed by atoms with Crippen LogP contribution in [-0.2, 0) is 23.8 Å². The van der Waals surface area contributed by atoms with Crippen molar-refractivity contribution in [2.24, 2.45) is 5.92 Å². The molecule has 5 nitrogen and oxygen atoms in total. The Morgan fingerprint density at radius 2 is 1.41 bits per heavy atom. The Bertz CT molecular complexity index is 291. The van der Waals surface area contributed by atoms with Crippen molar-refractivity contribution in [3.05, 3.63) is 0 Å². The number of hydrogen-bond acceptors (Lipinski definition) is 5. The van der Waals surface area contributed by atoms with Gasteiger partial charge in [-0.3, -0.25) is 9.59 Å². The van der Waals surface area contributed by atoms with Crippen molar-refractivity contribution in [1.82, 2.24) is 0 Å². The number of carbonyl (C=O) groups is 2. The van der Waals surface area contributed by atoms with Crippen molar-refractivity contribution in [1.29, 1.82) is 0 Å². The molecule has 0 radical (unpaired) electrons. The van der Waals surface area contributed by atoms with Crippen LogP contribution in [0.3, 0.4) is 0 Å². The molecule has 0 N–H and O–H groups in total. The number of methoxy groups -OCH3 is 1. The van der Waals surface area contributed by atoms with Crippen LogP contribution >= 0.6 is 0 Å². The van der Waals surface area contributed by atoms with E-state index in [-0.39, 0.29) is 11.9 Å². The molecule has 0 bridgehead atoms. The van der Waals surface area contributed by atoms with Gasteiger partial charge in [0.2, 0.25) is 0 Å². The van der Waals surface area contributed by atoms with E-state index in [0.717, 1.165) is 32.3 Å². The molecule has 22 heavy (non-hydrogen) atoms. The molecule has 0 saturated heterocycles. The summed E-state index contributed by atoms with van der Waals surface area (Å²) in [4.78, 5) is 22.9. The van der Waals surface area contributed by atoms with Crippen molar-refractivity contribution in [2.75, 3.05) is 26.9 Å². The summed E-state index contributed by atoms with van der Waals surface area (Å²) in [5.41, 5.74) is 0. The van der Waals surface area contributed by atoms with Crippen LogP contribution in [0, 0.1) is 5.92 Å². The SMILES string of the molecule is CCCCOC(=O)CCCCC(=O)OCCC(C)CCOC. The third kappa shape index (κ3) is 13.9. The average molecular weight is 316 g/mol.